The van der Waals surface area contributed by atoms with Crippen LogP contribution in [0.2, 0.25) is 0 Å². The molecule has 0 saturated carbocycles. The van der Waals surface area contributed by atoms with Crippen LogP contribution in [0.1, 0.15) is 65.0 Å². The zero-order valence-corrected chi connectivity index (χ0v) is 24.8. The number of aliphatic hydroxyl groups is 2. The maximum absolute atomic E-state index is 12.8. The summed E-state index contributed by atoms with van der Waals surface area (Å²) >= 11 is 0. The Hall–Kier alpha value is -3.85. The van der Waals surface area contributed by atoms with Gasteiger partial charge < -0.3 is 25.0 Å². The standard InChI is InChI=1S/C36H40N2O5/c1-24-32(22-38(3)25(2)33(40)27-11-6-4-7-12-27)42-36(43-34(24)28-19-17-26(23-39)18-20-28)30-15-10-16-31(21-30)37-35(41)29-13-8-5-9-14-29/h4-21,24-25,32-34,36,39-40H,22-23H2,1-3H3,(H,37,41)/t24-,25-,32+,33-,34+,36+/m0/s1. The Bertz CT molecular complexity index is 1460. The normalized spacial score (nSPS) is 21.7. The van der Waals surface area contributed by atoms with Gasteiger partial charge in [0.2, 0.25) is 0 Å². The van der Waals surface area contributed by atoms with Crippen LogP contribution in [-0.2, 0) is 16.1 Å². The lowest BCUT2D eigenvalue weighted by molar-refractivity contribution is -0.276. The molecule has 1 fully saturated rings. The van der Waals surface area contributed by atoms with Gasteiger partial charge in [-0.25, -0.2) is 0 Å². The van der Waals surface area contributed by atoms with Crippen LogP contribution < -0.4 is 5.32 Å². The van der Waals surface area contributed by atoms with E-state index >= 15 is 0 Å². The van der Waals surface area contributed by atoms with E-state index in [1.54, 1.807) is 12.1 Å². The predicted octanol–water partition coefficient (Wildman–Crippen LogP) is 6.28. The number of benzene rings is 4. The Morgan fingerprint density at radius 3 is 2.23 bits per heavy atom. The molecule has 6 atom stereocenters. The third-order valence-corrected chi connectivity index (χ3v) is 8.34. The van der Waals surface area contributed by atoms with Crippen LogP contribution in [0.3, 0.4) is 0 Å². The van der Waals surface area contributed by atoms with E-state index in [1.165, 1.54) is 0 Å². The Morgan fingerprint density at radius 1 is 0.884 bits per heavy atom. The molecule has 1 heterocycles. The van der Waals surface area contributed by atoms with Crippen molar-refractivity contribution in [2.24, 2.45) is 5.92 Å². The van der Waals surface area contributed by atoms with Crippen molar-refractivity contribution in [2.45, 2.75) is 51.1 Å². The molecule has 0 unspecified atom stereocenters. The number of ether oxygens (including phenoxy) is 2. The van der Waals surface area contributed by atoms with Gasteiger partial charge >= 0.3 is 0 Å². The van der Waals surface area contributed by atoms with E-state index in [1.807, 2.05) is 111 Å². The molecule has 0 spiro atoms. The second kappa shape index (κ2) is 14.1. The highest BCUT2D eigenvalue weighted by Crippen LogP contribution is 2.42. The van der Waals surface area contributed by atoms with Crippen LogP contribution >= 0.6 is 0 Å². The van der Waals surface area contributed by atoms with Gasteiger partial charge in [-0.3, -0.25) is 9.69 Å². The van der Waals surface area contributed by atoms with Gasteiger partial charge in [0, 0.05) is 35.3 Å². The number of hydrogen-bond acceptors (Lipinski definition) is 6. The lowest BCUT2D eigenvalue weighted by atomic mass is 9.89. The Labute approximate surface area is 253 Å². The largest absolute Gasteiger partial charge is 0.392 e. The van der Waals surface area contributed by atoms with Crippen molar-refractivity contribution >= 4 is 11.6 Å². The van der Waals surface area contributed by atoms with Crippen LogP contribution in [0.15, 0.2) is 109 Å². The fraction of sp³-hybridized carbons (Fsp3) is 0.306. The Morgan fingerprint density at radius 2 is 1.56 bits per heavy atom. The van der Waals surface area contributed by atoms with Crippen molar-refractivity contribution in [2.75, 3.05) is 18.9 Å². The van der Waals surface area contributed by atoms with E-state index < -0.39 is 12.4 Å². The summed E-state index contributed by atoms with van der Waals surface area (Å²) in [4.78, 5) is 14.9. The van der Waals surface area contributed by atoms with Crippen LogP contribution in [0, 0.1) is 5.92 Å². The summed E-state index contributed by atoms with van der Waals surface area (Å²) in [7, 11) is 2.00. The number of carbonyl (C=O) groups excluding carboxylic acids is 1. The summed E-state index contributed by atoms with van der Waals surface area (Å²) in [5, 5.41) is 23.6. The maximum Gasteiger partial charge on any atom is 0.255 e. The maximum atomic E-state index is 12.8. The summed E-state index contributed by atoms with van der Waals surface area (Å²) in [6.45, 7) is 4.68. The van der Waals surface area contributed by atoms with E-state index in [-0.39, 0.29) is 36.7 Å². The molecule has 7 heteroatoms. The monoisotopic (exact) mass is 580 g/mol. The lowest BCUT2D eigenvalue weighted by Crippen LogP contribution is -2.46. The zero-order chi connectivity index (χ0) is 30.3. The molecule has 4 aromatic carbocycles. The third-order valence-electron chi connectivity index (χ3n) is 8.34. The Balaban J connectivity index is 1.38. The van der Waals surface area contributed by atoms with Gasteiger partial charge in [0.25, 0.3) is 5.91 Å². The molecule has 0 radical (unpaired) electrons. The molecule has 1 amide bonds. The number of carbonyl (C=O) groups is 1. The molecule has 7 nitrogen and oxygen atoms in total. The van der Waals surface area contributed by atoms with Gasteiger partial charge in [0.15, 0.2) is 6.29 Å². The van der Waals surface area contributed by atoms with Crippen molar-refractivity contribution < 1.29 is 24.5 Å². The van der Waals surface area contributed by atoms with Crippen LogP contribution in [0.5, 0.6) is 0 Å². The van der Waals surface area contributed by atoms with Crippen molar-refractivity contribution in [3.63, 3.8) is 0 Å². The van der Waals surface area contributed by atoms with E-state index in [2.05, 4.69) is 17.1 Å². The van der Waals surface area contributed by atoms with Crippen LogP contribution in [0.25, 0.3) is 0 Å². The lowest BCUT2D eigenvalue weighted by Gasteiger charge is -2.43. The molecule has 0 aromatic heterocycles. The molecule has 3 N–H and O–H groups in total. The fourth-order valence-electron chi connectivity index (χ4n) is 5.50. The van der Waals surface area contributed by atoms with Gasteiger partial charge in [-0.05, 0) is 54.9 Å². The number of amides is 1. The first kappa shape index (κ1) is 30.6. The quantitative estimate of drug-likeness (QED) is 0.205. The SMILES string of the molecule is C[C@H]1[C@@H](CN(C)[C@@H](C)[C@H](O)c2ccccc2)O[C@@H](c2cccc(NC(=O)c3ccccc3)c2)O[C@H]1c1ccc(CO)cc1. The molecule has 43 heavy (non-hydrogen) atoms. The fourth-order valence-corrected chi connectivity index (χ4v) is 5.50. The minimum Gasteiger partial charge on any atom is -0.392 e. The summed E-state index contributed by atoms with van der Waals surface area (Å²) in [6.07, 6.45) is -1.83. The number of rotatable bonds is 10. The van der Waals surface area contributed by atoms with E-state index in [0.29, 0.717) is 17.8 Å². The van der Waals surface area contributed by atoms with Crippen LogP contribution in [0.4, 0.5) is 5.69 Å². The molecule has 224 valence electrons. The second-order valence-corrected chi connectivity index (χ2v) is 11.3. The van der Waals surface area contributed by atoms with Gasteiger partial charge in [0.1, 0.15) is 0 Å². The summed E-state index contributed by atoms with van der Waals surface area (Å²) < 4.78 is 13.2. The molecule has 0 bridgehead atoms. The summed E-state index contributed by atoms with van der Waals surface area (Å²) in [6, 6.07) is 34.0. The topological polar surface area (TPSA) is 91.3 Å². The van der Waals surface area contributed by atoms with Crippen molar-refractivity contribution in [3.8, 4) is 0 Å². The molecule has 0 aliphatic carbocycles. The number of aliphatic hydroxyl groups excluding tert-OH is 2. The molecule has 5 rings (SSSR count). The third kappa shape index (κ3) is 7.39. The highest BCUT2D eigenvalue weighted by molar-refractivity contribution is 6.04. The minimum absolute atomic E-state index is 0.0132. The second-order valence-electron chi connectivity index (χ2n) is 11.3. The van der Waals surface area contributed by atoms with E-state index in [4.69, 9.17) is 9.47 Å². The zero-order valence-electron chi connectivity index (χ0n) is 24.8. The van der Waals surface area contributed by atoms with E-state index in [0.717, 1.165) is 22.3 Å². The van der Waals surface area contributed by atoms with Crippen LogP contribution in [-0.4, -0.2) is 46.8 Å². The number of anilines is 1. The summed E-state index contributed by atoms with van der Waals surface area (Å²) in [5.41, 5.74) is 4.72. The molecule has 1 aliphatic rings. The van der Waals surface area contributed by atoms with Crippen molar-refractivity contribution in [1.82, 2.24) is 4.90 Å². The first-order valence-electron chi connectivity index (χ1n) is 14.7. The molecule has 4 aromatic rings. The molecular formula is C36H40N2O5. The van der Waals surface area contributed by atoms with Crippen molar-refractivity contribution in [3.05, 3.63) is 137 Å². The highest BCUT2D eigenvalue weighted by atomic mass is 16.7. The smallest absolute Gasteiger partial charge is 0.255 e. The molecular weight excluding hydrogens is 540 g/mol. The van der Waals surface area contributed by atoms with E-state index in [9.17, 15) is 15.0 Å². The number of hydrogen-bond donors (Lipinski definition) is 3. The average Bonchev–Trinajstić information content (AvgIpc) is 3.06. The first-order valence-corrected chi connectivity index (χ1v) is 14.7. The summed E-state index contributed by atoms with van der Waals surface area (Å²) in [5.74, 6) is -0.204. The van der Waals surface area contributed by atoms with Gasteiger partial charge in [-0.2, -0.15) is 0 Å². The average molecular weight is 581 g/mol. The molecule has 1 aliphatic heterocycles. The predicted molar refractivity (Wildman–Crippen MR) is 167 cm³/mol. The Kier molecular flexibility index (Phi) is 10.0. The minimum atomic E-state index is -0.681. The van der Waals surface area contributed by atoms with Gasteiger partial charge in [-0.15, -0.1) is 0 Å². The van der Waals surface area contributed by atoms with Gasteiger partial charge in [-0.1, -0.05) is 91.9 Å². The highest BCUT2D eigenvalue weighted by Gasteiger charge is 2.39. The van der Waals surface area contributed by atoms with Crippen molar-refractivity contribution in [1.29, 1.82) is 0 Å². The van der Waals surface area contributed by atoms with Gasteiger partial charge in [0.05, 0.1) is 24.9 Å². The number of nitrogens with one attached hydrogen (secondary N) is 1. The number of likely N-dealkylation sites (N-methyl/N-ethyl adjacent to an activating group) is 1. The first-order chi connectivity index (χ1) is 20.8. The molecule has 1 saturated heterocycles. The number of nitrogens with zero attached hydrogens (tertiary/aromatic N) is 1.